The summed E-state index contributed by atoms with van der Waals surface area (Å²) in [7, 11) is 0. The molecule has 3 heteroatoms. The number of rotatable bonds is 5. The summed E-state index contributed by atoms with van der Waals surface area (Å²) in [6.07, 6.45) is 5.14. The molecule has 0 atom stereocenters. The van der Waals surface area contributed by atoms with Crippen molar-refractivity contribution in [3.8, 4) is 0 Å². The summed E-state index contributed by atoms with van der Waals surface area (Å²) in [4.78, 5) is 10.1. The van der Waals surface area contributed by atoms with E-state index in [2.05, 4.69) is 25.2 Å². The molecule has 0 aliphatic heterocycles. The molecule has 0 unspecified atom stereocenters. The van der Waals surface area contributed by atoms with Crippen LogP contribution in [0.25, 0.3) is 0 Å². The van der Waals surface area contributed by atoms with Crippen LogP contribution in [0.2, 0.25) is 0 Å². The third kappa shape index (κ3) is 8.84. The maximum absolute atomic E-state index is 10.1. The van der Waals surface area contributed by atoms with E-state index in [0.29, 0.717) is 6.54 Å². The van der Waals surface area contributed by atoms with Crippen LogP contribution >= 0.6 is 0 Å². The summed E-state index contributed by atoms with van der Waals surface area (Å²) in [5.74, 6) is 0. The molecule has 2 N–H and O–H groups in total. The zero-order valence-corrected chi connectivity index (χ0v) is 9.13. The molecule has 3 nitrogen and oxygen atoms in total. The molecule has 0 spiro atoms. The summed E-state index contributed by atoms with van der Waals surface area (Å²) >= 11 is 0. The first-order chi connectivity index (χ1) is 6.52. The lowest BCUT2D eigenvalue weighted by Gasteiger charge is -1.99. The van der Waals surface area contributed by atoms with E-state index in [1.54, 1.807) is 0 Å². The van der Waals surface area contributed by atoms with Crippen molar-refractivity contribution in [3.05, 3.63) is 23.3 Å². The van der Waals surface area contributed by atoms with Crippen molar-refractivity contribution in [1.29, 1.82) is 0 Å². The van der Waals surface area contributed by atoms with Crippen LogP contribution in [-0.4, -0.2) is 17.7 Å². The SMILES string of the molecule is CC(C)=CCC/C(C)=C/CNC(=O)O. The lowest BCUT2D eigenvalue weighted by Crippen LogP contribution is -2.20. The molecule has 0 heterocycles. The van der Waals surface area contributed by atoms with Crippen LogP contribution in [0.5, 0.6) is 0 Å². The van der Waals surface area contributed by atoms with Crippen molar-refractivity contribution in [3.63, 3.8) is 0 Å². The maximum Gasteiger partial charge on any atom is 0.404 e. The summed E-state index contributed by atoms with van der Waals surface area (Å²) in [5.41, 5.74) is 2.54. The fraction of sp³-hybridized carbons (Fsp3) is 0.545. The van der Waals surface area contributed by atoms with Gasteiger partial charge >= 0.3 is 6.09 Å². The first kappa shape index (κ1) is 12.8. The van der Waals surface area contributed by atoms with Crippen molar-refractivity contribution >= 4 is 6.09 Å². The van der Waals surface area contributed by atoms with Crippen molar-refractivity contribution in [2.75, 3.05) is 6.54 Å². The van der Waals surface area contributed by atoms with Gasteiger partial charge < -0.3 is 10.4 Å². The van der Waals surface area contributed by atoms with Crippen molar-refractivity contribution < 1.29 is 9.90 Å². The van der Waals surface area contributed by atoms with Gasteiger partial charge in [0.25, 0.3) is 0 Å². The molecule has 1 amide bonds. The molecule has 0 fully saturated rings. The van der Waals surface area contributed by atoms with Crippen LogP contribution in [-0.2, 0) is 0 Å². The van der Waals surface area contributed by atoms with Crippen LogP contribution in [0.1, 0.15) is 33.6 Å². The Morgan fingerprint density at radius 3 is 2.43 bits per heavy atom. The number of nitrogens with one attached hydrogen (secondary N) is 1. The third-order valence-corrected chi connectivity index (χ3v) is 1.80. The molecule has 0 aliphatic carbocycles. The van der Waals surface area contributed by atoms with E-state index in [4.69, 9.17) is 5.11 Å². The second-order valence-electron chi connectivity index (χ2n) is 3.56. The Labute approximate surface area is 85.5 Å². The fourth-order valence-electron chi connectivity index (χ4n) is 1.00. The molecule has 14 heavy (non-hydrogen) atoms. The van der Waals surface area contributed by atoms with Gasteiger partial charge in [0.15, 0.2) is 0 Å². The number of allylic oxidation sites excluding steroid dienone is 3. The Bertz CT molecular complexity index is 238. The maximum atomic E-state index is 10.1. The molecule has 80 valence electrons. The first-order valence-electron chi connectivity index (χ1n) is 4.78. The van der Waals surface area contributed by atoms with Gasteiger partial charge in [-0.2, -0.15) is 0 Å². The lowest BCUT2D eigenvalue weighted by atomic mass is 10.1. The zero-order valence-electron chi connectivity index (χ0n) is 9.13. The topological polar surface area (TPSA) is 49.3 Å². The highest BCUT2D eigenvalue weighted by atomic mass is 16.4. The molecule has 0 bridgehead atoms. The second kappa shape index (κ2) is 7.18. The largest absolute Gasteiger partial charge is 0.465 e. The molecular formula is C11H19NO2. The van der Waals surface area contributed by atoms with Crippen LogP contribution in [0.15, 0.2) is 23.3 Å². The third-order valence-electron chi connectivity index (χ3n) is 1.80. The Morgan fingerprint density at radius 1 is 1.29 bits per heavy atom. The molecule has 0 rings (SSSR count). The summed E-state index contributed by atoms with van der Waals surface area (Å²) in [5, 5.41) is 10.6. The first-order valence-corrected chi connectivity index (χ1v) is 4.78. The van der Waals surface area contributed by atoms with Gasteiger partial charge in [-0.3, -0.25) is 0 Å². The molecule has 0 saturated heterocycles. The van der Waals surface area contributed by atoms with Gasteiger partial charge in [-0.25, -0.2) is 4.79 Å². The van der Waals surface area contributed by atoms with Crippen LogP contribution < -0.4 is 5.32 Å². The van der Waals surface area contributed by atoms with E-state index in [9.17, 15) is 4.79 Å². The minimum absolute atomic E-state index is 0.399. The van der Waals surface area contributed by atoms with Crippen molar-refractivity contribution in [1.82, 2.24) is 5.32 Å². The Hall–Kier alpha value is -1.25. The van der Waals surface area contributed by atoms with E-state index in [1.807, 2.05) is 13.0 Å². The van der Waals surface area contributed by atoms with Gasteiger partial charge in [0, 0.05) is 6.54 Å². The molecule has 0 radical (unpaired) electrons. The van der Waals surface area contributed by atoms with Gasteiger partial charge in [-0.1, -0.05) is 23.3 Å². The molecule has 0 aromatic heterocycles. The van der Waals surface area contributed by atoms with Crippen LogP contribution in [0.4, 0.5) is 4.79 Å². The minimum atomic E-state index is -0.974. The lowest BCUT2D eigenvalue weighted by molar-refractivity contribution is 0.195. The Morgan fingerprint density at radius 2 is 1.93 bits per heavy atom. The fourth-order valence-corrected chi connectivity index (χ4v) is 1.00. The standard InChI is InChI=1S/C11H19NO2/c1-9(2)5-4-6-10(3)7-8-12-11(13)14/h5,7,12H,4,6,8H2,1-3H3,(H,13,14)/b10-7+. The average molecular weight is 197 g/mol. The quantitative estimate of drug-likeness (QED) is 0.666. The van der Waals surface area contributed by atoms with E-state index in [1.165, 1.54) is 11.1 Å². The smallest absolute Gasteiger partial charge is 0.404 e. The van der Waals surface area contributed by atoms with Crippen LogP contribution in [0, 0.1) is 0 Å². The van der Waals surface area contributed by atoms with E-state index < -0.39 is 6.09 Å². The zero-order chi connectivity index (χ0) is 11.0. The van der Waals surface area contributed by atoms with Gasteiger partial charge in [-0.15, -0.1) is 0 Å². The Balaban J connectivity index is 3.67. The van der Waals surface area contributed by atoms with Crippen molar-refractivity contribution in [2.24, 2.45) is 0 Å². The number of hydrogen-bond acceptors (Lipinski definition) is 1. The normalized spacial score (nSPS) is 10.9. The summed E-state index contributed by atoms with van der Waals surface area (Å²) in [6, 6.07) is 0. The molecule has 0 aliphatic rings. The average Bonchev–Trinajstić information content (AvgIpc) is 2.02. The second-order valence-corrected chi connectivity index (χ2v) is 3.56. The number of carbonyl (C=O) groups is 1. The highest BCUT2D eigenvalue weighted by Gasteiger charge is 1.91. The molecule has 0 saturated carbocycles. The van der Waals surface area contributed by atoms with E-state index >= 15 is 0 Å². The van der Waals surface area contributed by atoms with Gasteiger partial charge in [0.05, 0.1) is 0 Å². The van der Waals surface area contributed by atoms with Gasteiger partial charge in [-0.05, 0) is 33.6 Å². The van der Waals surface area contributed by atoms with Crippen molar-refractivity contribution in [2.45, 2.75) is 33.6 Å². The van der Waals surface area contributed by atoms with Crippen LogP contribution in [0.3, 0.4) is 0 Å². The highest BCUT2D eigenvalue weighted by molar-refractivity contribution is 5.64. The molecule has 0 aromatic carbocycles. The van der Waals surface area contributed by atoms with E-state index in [-0.39, 0.29) is 0 Å². The van der Waals surface area contributed by atoms with Gasteiger partial charge in [0.1, 0.15) is 0 Å². The van der Waals surface area contributed by atoms with Gasteiger partial charge in [0.2, 0.25) is 0 Å². The van der Waals surface area contributed by atoms with E-state index in [0.717, 1.165) is 12.8 Å². The predicted octanol–water partition coefficient (Wildman–Crippen LogP) is 2.95. The number of amides is 1. The number of carboxylic acid groups (broad SMARTS) is 1. The molecule has 0 aromatic rings. The summed E-state index contributed by atoms with van der Waals surface area (Å²) < 4.78 is 0. The Kier molecular flexibility index (Phi) is 6.54. The predicted molar refractivity (Wildman–Crippen MR) is 58.4 cm³/mol. The monoisotopic (exact) mass is 197 g/mol. The highest BCUT2D eigenvalue weighted by Crippen LogP contribution is 2.05. The minimum Gasteiger partial charge on any atom is -0.465 e. The summed E-state index contributed by atoms with van der Waals surface area (Å²) in [6.45, 7) is 6.56. The molecular weight excluding hydrogens is 178 g/mol. The number of hydrogen-bond donors (Lipinski definition) is 2.